The first-order valence-electron chi connectivity index (χ1n) is 6.89. The average molecular weight is 278 g/mol. The predicted octanol–water partition coefficient (Wildman–Crippen LogP) is 3.34. The molecule has 0 saturated carbocycles. The van der Waals surface area contributed by atoms with Crippen LogP contribution in [0.3, 0.4) is 0 Å². The molecule has 0 saturated heterocycles. The van der Waals surface area contributed by atoms with Crippen LogP contribution in [0.1, 0.15) is 11.1 Å². The lowest BCUT2D eigenvalue weighted by Crippen LogP contribution is -2.33. The number of amides is 1. The molecule has 106 valence electrons. The third-order valence-corrected chi connectivity index (χ3v) is 3.49. The van der Waals surface area contributed by atoms with E-state index in [4.69, 9.17) is 0 Å². The van der Waals surface area contributed by atoms with Crippen LogP contribution >= 0.6 is 0 Å². The smallest absolute Gasteiger partial charge is 0.244 e. The van der Waals surface area contributed by atoms with Crippen LogP contribution in [0.5, 0.6) is 0 Å². The Kier molecular flexibility index (Phi) is 4.73. The van der Waals surface area contributed by atoms with Gasteiger partial charge in [-0.3, -0.25) is 4.79 Å². The van der Waals surface area contributed by atoms with Crippen molar-refractivity contribution in [2.75, 3.05) is 11.9 Å². The Morgan fingerprint density at radius 3 is 2.33 bits per heavy atom. The van der Waals surface area contributed by atoms with E-state index in [2.05, 4.69) is 6.07 Å². The van der Waals surface area contributed by atoms with Gasteiger partial charge in [-0.25, -0.2) is 0 Å². The Labute approximate surface area is 125 Å². The van der Waals surface area contributed by atoms with Crippen molar-refractivity contribution in [3.8, 4) is 6.07 Å². The summed E-state index contributed by atoms with van der Waals surface area (Å²) in [5.74, 6) is -0.844. The van der Waals surface area contributed by atoms with Gasteiger partial charge in [0.15, 0.2) is 0 Å². The molecule has 2 aromatic carbocycles. The molecule has 0 aromatic heterocycles. The van der Waals surface area contributed by atoms with E-state index in [0.29, 0.717) is 6.42 Å². The highest BCUT2D eigenvalue weighted by Gasteiger charge is 2.23. The summed E-state index contributed by atoms with van der Waals surface area (Å²) in [7, 11) is 1.71. The standard InChI is InChI=1S/C18H18N2O/c1-14-8-10-17(11-9-14)20(2)18(21)16(13-19)12-15-6-4-3-5-7-15/h3-11,16H,12H2,1-2H3. The van der Waals surface area contributed by atoms with E-state index in [0.717, 1.165) is 16.8 Å². The Bertz CT molecular complexity index is 641. The predicted molar refractivity (Wildman–Crippen MR) is 83.8 cm³/mol. The maximum atomic E-state index is 12.5. The van der Waals surface area contributed by atoms with Crippen LogP contribution in [-0.4, -0.2) is 13.0 Å². The van der Waals surface area contributed by atoms with Crippen LogP contribution in [0.15, 0.2) is 54.6 Å². The number of hydrogen-bond donors (Lipinski definition) is 0. The molecule has 3 nitrogen and oxygen atoms in total. The maximum Gasteiger partial charge on any atom is 0.244 e. The fraction of sp³-hybridized carbons (Fsp3) is 0.222. The van der Waals surface area contributed by atoms with Gasteiger partial charge in [0.2, 0.25) is 5.91 Å². The van der Waals surface area contributed by atoms with Gasteiger partial charge >= 0.3 is 0 Å². The van der Waals surface area contributed by atoms with E-state index in [-0.39, 0.29) is 5.91 Å². The summed E-state index contributed by atoms with van der Waals surface area (Å²) < 4.78 is 0. The Hall–Kier alpha value is -2.60. The molecule has 2 aromatic rings. The average Bonchev–Trinajstić information content (AvgIpc) is 2.53. The first-order valence-corrected chi connectivity index (χ1v) is 6.89. The second-order valence-corrected chi connectivity index (χ2v) is 5.10. The van der Waals surface area contributed by atoms with E-state index in [9.17, 15) is 10.1 Å². The first-order chi connectivity index (χ1) is 10.1. The van der Waals surface area contributed by atoms with Gasteiger partial charge < -0.3 is 4.90 Å². The molecule has 1 atom stereocenters. The molecule has 0 radical (unpaired) electrons. The van der Waals surface area contributed by atoms with Gasteiger partial charge in [-0.05, 0) is 31.0 Å². The monoisotopic (exact) mass is 278 g/mol. The van der Waals surface area contributed by atoms with E-state index in [1.54, 1.807) is 11.9 Å². The molecule has 0 fully saturated rings. The number of aryl methyl sites for hydroxylation is 1. The lowest BCUT2D eigenvalue weighted by molar-refractivity contribution is -0.120. The number of nitriles is 1. The largest absolute Gasteiger partial charge is 0.314 e. The molecular formula is C18H18N2O. The Balaban J connectivity index is 2.13. The molecule has 0 aliphatic carbocycles. The molecule has 21 heavy (non-hydrogen) atoms. The van der Waals surface area contributed by atoms with Crippen LogP contribution in [-0.2, 0) is 11.2 Å². The van der Waals surface area contributed by atoms with Gasteiger partial charge in [-0.15, -0.1) is 0 Å². The molecule has 0 bridgehead atoms. The highest BCUT2D eigenvalue weighted by atomic mass is 16.2. The molecule has 2 rings (SSSR count). The number of rotatable bonds is 4. The fourth-order valence-corrected chi connectivity index (χ4v) is 2.17. The SMILES string of the molecule is Cc1ccc(N(C)C(=O)C(C#N)Cc2ccccc2)cc1. The van der Waals surface area contributed by atoms with Gasteiger partial charge in [0.1, 0.15) is 5.92 Å². The van der Waals surface area contributed by atoms with Crippen molar-refractivity contribution in [2.45, 2.75) is 13.3 Å². The van der Waals surface area contributed by atoms with Gasteiger partial charge in [0, 0.05) is 12.7 Å². The molecule has 0 heterocycles. The normalized spacial score (nSPS) is 11.5. The van der Waals surface area contributed by atoms with Crippen LogP contribution in [0.25, 0.3) is 0 Å². The summed E-state index contributed by atoms with van der Waals surface area (Å²) in [4.78, 5) is 14.0. The van der Waals surface area contributed by atoms with Crippen molar-refractivity contribution in [1.29, 1.82) is 5.26 Å². The summed E-state index contributed by atoms with van der Waals surface area (Å²) in [6.45, 7) is 2.00. The molecule has 0 spiro atoms. The molecule has 3 heteroatoms. The van der Waals surface area contributed by atoms with E-state index < -0.39 is 5.92 Å². The highest BCUT2D eigenvalue weighted by Crippen LogP contribution is 2.18. The first kappa shape index (κ1) is 14.8. The number of anilines is 1. The molecule has 1 unspecified atom stereocenters. The van der Waals surface area contributed by atoms with Crippen LogP contribution in [0.2, 0.25) is 0 Å². The fourth-order valence-electron chi connectivity index (χ4n) is 2.17. The minimum Gasteiger partial charge on any atom is -0.314 e. The van der Waals surface area contributed by atoms with E-state index >= 15 is 0 Å². The number of nitrogens with zero attached hydrogens (tertiary/aromatic N) is 2. The highest BCUT2D eigenvalue weighted by molar-refractivity contribution is 5.96. The van der Waals surface area contributed by atoms with Crippen LogP contribution in [0, 0.1) is 24.2 Å². The summed E-state index contributed by atoms with van der Waals surface area (Å²) in [6.07, 6.45) is 0.437. The van der Waals surface area contributed by atoms with Crippen molar-refractivity contribution in [3.63, 3.8) is 0 Å². The number of carbonyl (C=O) groups excluding carboxylic acids is 1. The van der Waals surface area contributed by atoms with E-state index in [1.807, 2.05) is 61.5 Å². The minimum absolute atomic E-state index is 0.176. The number of hydrogen-bond acceptors (Lipinski definition) is 2. The van der Waals surface area contributed by atoms with Gasteiger partial charge in [0.25, 0.3) is 0 Å². The number of benzene rings is 2. The molecule has 0 aliphatic rings. The third-order valence-electron chi connectivity index (χ3n) is 3.49. The summed E-state index contributed by atoms with van der Waals surface area (Å²) in [5.41, 5.74) is 2.94. The maximum absolute atomic E-state index is 12.5. The Morgan fingerprint density at radius 1 is 1.14 bits per heavy atom. The lowest BCUT2D eigenvalue weighted by atomic mass is 9.99. The quantitative estimate of drug-likeness (QED) is 0.861. The van der Waals surface area contributed by atoms with Crippen LogP contribution < -0.4 is 4.90 Å². The van der Waals surface area contributed by atoms with Crippen molar-refractivity contribution in [2.24, 2.45) is 5.92 Å². The zero-order valence-corrected chi connectivity index (χ0v) is 12.3. The van der Waals surface area contributed by atoms with Crippen molar-refractivity contribution in [3.05, 3.63) is 65.7 Å². The molecule has 0 aliphatic heterocycles. The molecule has 0 N–H and O–H groups in total. The lowest BCUT2D eigenvalue weighted by Gasteiger charge is -2.20. The van der Waals surface area contributed by atoms with Crippen molar-refractivity contribution < 1.29 is 4.79 Å². The molecular weight excluding hydrogens is 260 g/mol. The second kappa shape index (κ2) is 6.71. The summed E-state index contributed by atoms with van der Waals surface area (Å²) >= 11 is 0. The van der Waals surface area contributed by atoms with E-state index in [1.165, 1.54) is 0 Å². The van der Waals surface area contributed by atoms with Gasteiger partial charge in [-0.2, -0.15) is 5.26 Å². The van der Waals surface area contributed by atoms with Gasteiger partial charge in [-0.1, -0.05) is 48.0 Å². The van der Waals surface area contributed by atoms with Crippen LogP contribution in [0.4, 0.5) is 5.69 Å². The minimum atomic E-state index is -0.668. The molecule has 1 amide bonds. The summed E-state index contributed by atoms with van der Waals surface area (Å²) in [6, 6.07) is 19.4. The second-order valence-electron chi connectivity index (χ2n) is 5.10. The van der Waals surface area contributed by atoms with Crippen molar-refractivity contribution in [1.82, 2.24) is 0 Å². The Morgan fingerprint density at radius 2 is 1.76 bits per heavy atom. The third kappa shape index (κ3) is 3.70. The van der Waals surface area contributed by atoms with Gasteiger partial charge in [0.05, 0.1) is 6.07 Å². The zero-order chi connectivity index (χ0) is 15.2. The number of carbonyl (C=O) groups is 1. The zero-order valence-electron chi connectivity index (χ0n) is 12.3. The van der Waals surface area contributed by atoms with Crippen molar-refractivity contribution >= 4 is 11.6 Å². The summed E-state index contributed by atoms with van der Waals surface area (Å²) in [5, 5.41) is 9.30. The topological polar surface area (TPSA) is 44.1 Å².